The Morgan fingerprint density at radius 2 is 1.31 bits per heavy atom. The molecule has 3 aromatic rings. The zero-order valence-corrected chi connectivity index (χ0v) is 19.6. The minimum atomic E-state index is -2.53. The monoisotopic (exact) mass is 434 g/mol. The van der Waals surface area contributed by atoms with Crippen molar-refractivity contribution in [2.24, 2.45) is 0 Å². The molecule has 4 heteroatoms. The Kier molecular flexibility index (Phi) is 6.28. The number of benzene rings is 3. The van der Waals surface area contributed by atoms with E-state index in [1.54, 1.807) is 0 Å². The number of hydrogen-bond acceptors (Lipinski definition) is 1. The minimum absolute atomic E-state index is 0.0163. The molecule has 3 rings (SSSR count). The van der Waals surface area contributed by atoms with Gasteiger partial charge < -0.3 is 4.43 Å². The first kappa shape index (κ1) is 19.7. The first-order chi connectivity index (χ1) is 12.5. The Morgan fingerprint density at radius 3 is 1.77 bits per heavy atom. The molecule has 0 aliphatic heterocycles. The molecule has 3 aromatic carbocycles. The van der Waals surface area contributed by atoms with E-state index in [1.807, 2.05) is 0 Å². The molecule has 0 saturated heterocycles. The van der Waals surface area contributed by atoms with Crippen molar-refractivity contribution in [3.05, 3.63) is 84.9 Å². The molecule has 26 heavy (non-hydrogen) atoms. The lowest BCUT2D eigenvalue weighted by molar-refractivity contribution is 0.508. The van der Waals surface area contributed by atoms with Gasteiger partial charge in [-0.15, -0.1) is 3.69 Å². The normalized spacial score (nSPS) is 11.7. The third-order valence-electron chi connectivity index (χ3n) is 4.74. The van der Waals surface area contributed by atoms with Crippen LogP contribution in [0.4, 0.5) is 0 Å². The van der Waals surface area contributed by atoms with Crippen molar-refractivity contribution in [1.29, 1.82) is 0 Å². The second-order valence-corrected chi connectivity index (χ2v) is 14.5. The molecule has 0 bridgehead atoms. The Bertz CT molecular complexity index is 807. The van der Waals surface area contributed by atoms with E-state index in [-0.39, 0.29) is 5.04 Å². The number of hydrogen-bond donors (Lipinski definition) is 0. The van der Waals surface area contributed by atoms with Crippen LogP contribution in [-0.4, -0.2) is 26.5 Å². The maximum atomic E-state index is 7.02. The zero-order chi connectivity index (χ0) is 18.6. The van der Waals surface area contributed by atoms with Gasteiger partial charge in [0.25, 0.3) is 0 Å². The minimum Gasteiger partial charge on any atom is -0.534 e. The third kappa shape index (κ3) is 3.93. The average molecular weight is 436 g/mol. The Hall–Kier alpha value is -1.08. The molecule has 130 valence electrons. The van der Waals surface area contributed by atoms with Crippen LogP contribution in [0, 0.1) is 0 Å². The summed E-state index contributed by atoms with van der Waals surface area (Å²) in [5.41, 5.74) is 0. The van der Waals surface area contributed by atoms with E-state index < -0.39 is 26.5 Å². The molecule has 0 amide bonds. The van der Waals surface area contributed by atoms with Gasteiger partial charge in [-0.05, 0) is 27.5 Å². The highest BCUT2D eigenvalue weighted by Gasteiger charge is 2.52. The van der Waals surface area contributed by atoms with Crippen LogP contribution in [0.3, 0.4) is 0 Å². The molecule has 0 radical (unpaired) electrons. The lowest BCUT2D eigenvalue weighted by Gasteiger charge is -2.43. The molecular formula is C22H23BrMgOSi. The van der Waals surface area contributed by atoms with Crippen molar-refractivity contribution in [2.45, 2.75) is 25.8 Å². The van der Waals surface area contributed by atoms with Crippen LogP contribution in [0.25, 0.3) is 0 Å². The third-order valence-corrected chi connectivity index (χ3v) is 12.4. The Morgan fingerprint density at radius 1 is 0.769 bits per heavy atom. The van der Waals surface area contributed by atoms with Gasteiger partial charge in [0.1, 0.15) is 5.75 Å². The van der Waals surface area contributed by atoms with Crippen molar-refractivity contribution in [3.63, 3.8) is 0 Å². The van der Waals surface area contributed by atoms with Crippen LogP contribution in [0.5, 0.6) is 5.75 Å². The topological polar surface area (TPSA) is 9.23 Å². The molecular weight excluding hydrogens is 413 g/mol. The maximum absolute atomic E-state index is 7.02. The highest BCUT2D eigenvalue weighted by molar-refractivity contribution is 9.23. The molecule has 0 aliphatic rings. The van der Waals surface area contributed by atoms with Gasteiger partial charge in [0.05, 0.1) is 0 Å². The van der Waals surface area contributed by atoms with E-state index in [0.717, 1.165) is 5.75 Å². The molecule has 1 nitrogen and oxygen atoms in total. The van der Waals surface area contributed by atoms with Crippen LogP contribution in [-0.2, 0) is 0 Å². The maximum Gasteiger partial charge on any atom is 0.506 e. The van der Waals surface area contributed by atoms with Crippen molar-refractivity contribution in [2.75, 3.05) is 0 Å². The molecule has 0 saturated carbocycles. The van der Waals surface area contributed by atoms with E-state index in [2.05, 4.69) is 119 Å². The Balaban J connectivity index is 2.23. The van der Waals surface area contributed by atoms with Crippen LogP contribution >= 0.6 is 12.9 Å². The quantitative estimate of drug-likeness (QED) is 0.544. The molecule has 0 spiro atoms. The summed E-state index contributed by atoms with van der Waals surface area (Å²) in [5, 5.41) is 2.60. The Labute approximate surface area is 173 Å². The van der Waals surface area contributed by atoms with Crippen molar-refractivity contribution < 1.29 is 4.43 Å². The van der Waals surface area contributed by atoms with Gasteiger partial charge in [-0.1, -0.05) is 93.6 Å². The van der Waals surface area contributed by atoms with Gasteiger partial charge in [-0.25, -0.2) is 0 Å². The van der Waals surface area contributed by atoms with Crippen molar-refractivity contribution >= 4 is 53.5 Å². The van der Waals surface area contributed by atoms with Gasteiger partial charge >= 0.3 is 26.5 Å². The summed E-state index contributed by atoms with van der Waals surface area (Å²) in [6, 6.07) is 30.2. The van der Waals surface area contributed by atoms with Crippen LogP contribution in [0.2, 0.25) is 5.04 Å². The highest BCUT2D eigenvalue weighted by Crippen LogP contribution is 2.37. The number of halogens is 1. The predicted molar refractivity (Wildman–Crippen MR) is 119 cm³/mol. The molecule has 0 N–H and O–H groups in total. The summed E-state index contributed by atoms with van der Waals surface area (Å²) >= 11 is 3.30. The first-order valence-corrected chi connectivity index (χ1v) is 15.4. The fourth-order valence-electron chi connectivity index (χ4n) is 3.52. The summed E-state index contributed by atoms with van der Waals surface area (Å²) in [4.78, 5) is 0. The fourth-order valence-corrected chi connectivity index (χ4v) is 9.48. The molecule has 0 heterocycles. The van der Waals surface area contributed by atoms with Gasteiger partial charge in [0, 0.05) is 0 Å². The molecule has 0 fully saturated rings. The van der Waals surface area contributed by atoms with Crippen molar-refractivity contribution in [3.8, 4) is 5.75 Å². The predicted octanol–water partition coefficient (Wildman–Crippen LogP) is 4.26. The smallest absolute Gasteiger partial charge is 0.506 e. The van der Waals surface area contributed by atoms with Gasteiger partial charge in [-0.2, -0.15) is 0 Å². The molecule has 0 atom stereocenters. The van der Waals surface area contributed by atoms with E-state index in [1.165, 1.54) is 14.1 Å². The van der Waals surface area contributed by atoms with Gasteiger partial charge in [0.15, 0.2) is 0 Å². The van der Waals surface area contributed by atoms with Crippen LogP contribution in [0.1, 0.15) is 20.8 Å². The molecule has 0 unspecified atom stereocenters. The van der Waals surface area contributed by atoms with E-state index in [4.69, 9.17) is 4.43 Å². The largest absolute Gasteiger partial charge is 0.534 e. The summed E-state index contributed by atoms with van der Waals surface area (Å²) in [6.07, 6.45) is 0. The standard InChI is InChI=1S/C22H23OSi.BrH.Mg/c1-22(2,3)24(20-15-9-5-10-16-20,21-17-11-6-12-18-21)23-19-13-7-4-8-14-19;;/h4-7,9-18H,1-3H3;1H;/q;;+1/p-1. The SMILES string of the molecule is CC(C)(C)[Si](Oc1ccc[c]([Mg][Br])c1)(c1ccccc1)c1ccccc1. The summed E-state index contributed by atoms with van der Waals surface area (Å²) < 4.78 is 8.38. The van der Waals surface area contributed by atoms with Gasteiger partial charge in [-0.3, -0.25) is 12.9 Å². The summed E-state index contributed by atoms with van der Waals surface area (Å²) in [6.45, 7) is 6.92. The van der Waals surface area contributed by atoms with Crippen molar-refractivity contribution in [1.82, 2.24) is 0 Å². The molecule has 0 aromatic heterocycles. The lowest BCUT2D eigenvalue weighted by Crippen LogP contribution is -2.68. The first-order valence-electron chi connectivity index (χ1n) is 8.92. The second kappa shape index (κ2) is 8.30. The van der Waals surface area contributed by atoms with E-state index in [0.29, 0.717) is 0 Å². The fraction of sp³-hybridized carbons (Fsp3) is 0.182. The average Bonchev–Trinajstić information content (AvgIpc) is 2.66. The molecule has 0 aliphatic carbocycles. The lowest BCUT2D eigenvalue weighted by atomic mass is 10.2. The number of rotatable bonds is 5. The van der Waals surface area contributed by atoms with Crippen LogP contribution < -0.4 is 18.5 Å². The van der Waals surface area contributed by atoms with E-state index >= 15 is 0 Å². The van der Waals surface area contributed by atoms with E-state index in [9.17, 15) is 0 Å². The highest BCUT2D eigenvalue weighted by atomic mass is 79.9. The zero-order valence-electron chi connectivity index (χ0n) is 15.6. The van der Waals surface area contributed by atoms with Crippen LogP contribution in [0.15, 0.2) is 84.9 Å². The van der Waals surface area contributed by atoms with Gasteiger partial charge in [0.2, 0.25) is 0 Å². The second-order valence-electron chi connectivity index (χ2n) is 7.55. The summed E-state index contributed by atoms with van der Waals surface area (Å²) in [7, 11) is -2.53. The summed E-state index contributed by atoms with van der Waals surface area (Å²) in [5.74, 6) is 0.976.